The Balaban J connectivity index is 1.71. The van der Waals surface area contributed by atoms with Gasteiger partial charge in [-0.05, 0) is 57.1 Å². The predicted molar refractivity (Wildman–Crippen MR) is 120 cm³/mol. The molecule has 2 heterocycles. The Kier molecular flexibility index (Phi) is 11.5. The van der Waals surface area contributed by atoms with Crippen molar-refractivity contribution in [1.82, 2.24) is 20.4 Å². The molecule has 28 heavy (non-hydrogen) atoms. The third kappa shape index (κ3) is 9.37. The molecule has 2 N–H and O–H groups in total. The summed E-state index contributed by atoms with van der Waals surface area (Å²) in [6.45, 7) is 11.2. The van der Waals surface area contributed by atoms with E-state index in [0.29, 0.717) is 5.92 Å². The maximum absolute atomic E-state index is 5.12. The van der Waals surface area contributed by atoms with Crippen molar-refractivity contribution in [2.75, 3.05) is 66.6 Å². The standard InChI is InChI=1S/C21H39N5OS/c1-4-22-21(23-10-13-25(2)11-7-14-27-3)24-16-19-8-5-12-26(17-19)18-20-9-6-15-28-20/h6,9,15,19H,4-5,7-8,10-14,16-18H2,1-3H3,(H2,22,23,24). The summed E-state index contributed by atoms with van der Waals surface area (Å²) in [4.78, 5) is 11.3. The summed E-state index contributed by atoms with van der Waals surface area (Å²) < 4.78 is 5.12. The van der Waals surface area contributed by atoms with Gasteiger partial charge in [0.25, 0.3) is 0 Å². The van der Waals surface area contributed by atoms with Gasteiger partial charge in [-0.3, -0.25) is 9.89 Å². The molecule has 0 saturated carbocycles. The van der Waals surface area contributed by atoms with E-state index >= 15 is 0 Å². The van der Waals surface area contributed by atoms with Crippen molar-refractivity contribution in [2.45, 2.75) is 32.7 Å². The largest absolute Gasteiger partial charge is 0.385 e. The lowest BCUT2D eigenvalue weighted by molar-refractivity contribution is 0.172. The van der Waals surface area contributed by atoms with Crippen LogP contribution in [0.25, 0.3) is 0 Å². The number of aliphatic imine (C=N–C) groups is 1. The van der Waals surface area contributed by atoms with Crippen LogP contribution in [0.3, 0.4) is 0 Å². The molecule has 160 valence electrons. The first-order valence-corrected chi connectivity index (χ1v) is 11.5. The smallest absolute Gasteiger partial charge is 0.191 e. The van der Waals surface area contributed by atoms with E-state index < -0.39 is 0 Å². The number of thiophene rings is 1. The van der Waals surface area contributed by atoms with Gasteiger partial charge >= 0.3 is 0 Å². The minimum Gasteiger partial charge on any atom is -0.385 e. The zero-order chi connectivity index (χ0) is 20.0. The number of likely N-dealkylation sites (N-methyl/N-ethyl adjacent to an activating group) is 1. The van der Waals surface area contributed by atoms with Crippen molar-refractivity contribution in [3.8, 4) is 0 Å². The summed E-state index contributed by atoms with van der Waals surface area (Å²) in [5, 5.41) is 9.04. The molecular weight excluding hydrogens is 370 g/mol. The summed E-state index contributed by atoms with van der Waals surface area (Å²) in [6.07, 6.45) is 3.64. The number of guanidine groups is 1. The fourth-order valence-electron chi connectivity index (χ4n) is 3.58. The van der Waals surface area contributed by atoms with Crippen LogP contribution in [-0.4, -0.2) is 82.3 Å². The Morgan fingerprint density at radius 2 is 2.29 bits per heavy atom. The lowest BCUT2D eigenvalue weighted by Crippen LogP contribution is -2.42. The van der Waals surface area contributed by atoms with E-state index in [1.54, 1.807) is 7.11 Å². The Morgan fingerprint density at radius 1 is 1.39 bits per heavy atom. The molecule has 6 nitrogen and oxygen atoms in total. The highest BCUT2D eigenvalue weighted by atomic mass is 32.1. The van der Waals surface area contributed by atoms with Crippen molar-refractivity contribution in [2.24, 2.45) is 10.9 Å². The van der Waals surface area contributed by atoms with Crippen LogP contribution in [0.1, 0.15) is 31.1 Å². The van der Waals surface area contributed by atoms with Gasteiger partial charge in [0, 0.05) is 64.4 Å². The second kappa shape index (κ2) is 13.9. The average Bonchev–Trinajstić information content (AvgIpc) is 3.19. The molecule has 0 amide bonds. The zero-order valence-electron chi connectivity index (χ0n) is 18.0. The monoisotopic (exact) mass is 409 g/mol. The van der Waals surface area contributed by atoms with E-state index in [0.717, 1.165) is 64.8 Å². The van der Waals surface area contributed by atoms with Crippen LogP contribution in [0.15, 0.2) is 22.5 Å². The first kappa shape index (κ1) is 23.1. The van der Waals surface area contributed by atoms with Crippen LogP contribution in [-0.2, 0) is 11.3 Å². The number of nitrogens with one attached hydrogen (secondary N) is 2. The minimum absolute atomic E-state index is 0.654. The minimum atomic E-state index is 0.654. The quantitative estimate of drug-likeness (QED) is 0.316. The zero-order valence-corrected chi connectivity index (χ0v) is 18.8. The maximum Gasteiger partial charge on any atom is 0.191 e. The number of methoxy groups -OCH3 is 1. The Hall–Kier alpha value is -1.15. The number of likely N-dealkylation sites (tertiary alicyclic amines) is 1. The molecule has 0 aromatic carbocycles. The second-order valence-electron chi connectivity index (χ2n) is 7.62. The van der Waals surface area contributed by atoms with Crippen LogP contribution in [0.4, 0.5) is 0 Å². The van der Waals surface area contributed by atoms with Crippen molar-refractivity contribution >= 4 is 17.3 Å². The van der Waals surface area contributed by atoms with Crippen molar-refractivity contribution in [1.29, 1.82) is 0 Å². The number of ether oxygens (including phenoxy) is 1. The average molecular weight is 410 g/mol. The molecule has 0 aliphatic carbocycles. The third-order valence-corrected chi connectivity index (χ3v) is 5.95. The molecular formula is C21H39N5OS. The molecule has 1 aromatic heterocycles. The van der Waals surface area contributed by atoms with E-state index in [4.69, 9.17) is 9.73 Å². The lowest BCUT2D eigenvalue weighted by atomic mass is 9.98. The molecule has 1 aromatic rings. The number of hydrogen-bond acceptors (Lipinski definition) is 5. The molecule has 1 aliphatic heterocycles. The highest BCUT2D eigenvalue weighted by Gasteiger charge is 2.20. The van der Waals surface area contributed by atoms with E-state index in [2.05, 4.69) is 51.9 Å². The fourth-order valence-corrected chi connectivity index (χ4v) is 4.33. The molecule has 0 radical (unpaired) electrons. The summed E-state index contributed by atoms with van der Waals surface area (Å²) in [5.41, 5.74) is 0. The van der Waals surface area contributed by atoms with Crippen LogP contribution in [0, 0.1) is 5.92 Å². The summed E-state index contributed by atoms with van der Waals surface area (Å²) in [7, 11) is 3.92. The van der Waals surface area contributed by atoms with Gasteiger partial charge < -0.3 is 20.3 Å². The molecule has 1 unspecified atom stereocenters. The SMILES string of the molecule is CCNC(=NCC1CCCN(Cc2cccs2)C1)NCCN(C)CCCOC. The highest BCUT2D eigenvalue weighted by Crippen LogP contribution is 2.20. The Labute approximate surface area is 175 Å². The van der Waals surface area contributed by atoms with E-state index in [9.17, 15) is 0 Å². The van der Waals surface area contributed by atoms with Gasteiger partial charge in [-0.15, -0.1) is 11.3 Å². The van der Waals surface area contributed by atoms with Crippen molar-refractivity contribution < 1.29 is 4.74 Å². The molecule has 2 rings (SSSR count). The van der Waals surface area contributed by atoms with Gasteiger partial charge in [-0.25, -0.2) is 0 Å². The van der Waals surface area contributed by atoms with Gasteiger partial charge in [-0.1, -0.05) is 6.07 Å². The molecule has 7 heteroatoms. The number of piperidine rings is 1. The summed E-state index contributed by atoms with van der Waals surface area (Å²) in [6, 6.07) is 4.39. The van der Waals surface area contributed by atoms with Crippen LogP contribution in [0.5, 0.6) is 0 Å². The van der Waals surface area contributed by atoms with Gasteiger partial charge in [0.05, 0.1) is 0 Å². The first-order valence-electron chi connectivity index (χ1n) is 10.7. The number of nitrogens with zero attached hydrogens (tertiary/aromatic N) is 3. The summed E-state index contributed by atoms with van der Waals surface area (Å²) >= 11 is 1.86. The molecule has 1 saturated heterocycles. The number of rotatable bonds is 12. The van der Waals surface area contributed by atoms with Gasteiger partial charge in [0.15, 0.2) is 5.96 Å². The third-order valence-electron chi connectivity index (χ3n) is 5.09. The summed E-state index contributed by atoms with van der Waals surface area (Å²) in [5.74, 6) is 1.60. The molecule has 1 aliphatic rings. The van der Waals surface area contributed by atoms with E-state index in [-0.39, 0.29) is 0 Å². The molecule has 1 fully saturated rings. The van der Waals surface area contributed by atoms with Crippen molar-refractivity contribution in [3.05, 3.63) is 22.4 Å². The van der Waals surface area contributed by atoms with E-state index in [1.807, 2.05) is 11.3 Å². The molecule has 1 atom stereocenters. The second-order valence-corrected chi connectivity index (χ2v) is 8.65. The first-order chi connectivity index (χ1) is 13.7. The number of hydrogen-bond donors (Lipinski definition) is 2. The van der Waals surface area contributed by atoms with Crippen LogP contribution >= 0.6 is 11.3 Å². The topological polar surface area (TPSA) is 52.1 Å². The van der Waals surface area contributed by atoms with Gasteiger partial charge in [0.1, 0.15) is 0 Å². The van der Waals surface area contributed by atoms with Crippen LogP contribution in [0.2, 0.25) is 0 Å². The Bertz CT molecular complexity index is 537. The van der Waals surface area contributed by atoms with Crippen molar-refractivity contribution in [3.63, 3.8) is 0 Å². The molecule has 0 bridgehead atoms. The van der Waals surface area contributed by atoms with Gasteiger partial charge in [-0.2, -0.15) is 0 Å². The van der Waals surface area contributed by atoms with Crippen LogP contribution < -0.4 is 10.6 Å². The lowest BCUT2D eigenvalue weighted by Gasteiger charge is -2.31. The molecule has 0 spiro atoms. The van der Waals surface area contributed by atoms with Gasteiger partial charge in [0.2, 0.25) is 0 Å². The fraction of sp³-hybridized carbons (Fsp3) is 0.762. The highest BCUT2D eigenvalue weighted by molar-refractivity contribution is 7.09. The predicted octanol–water partition coefficient (Wildman–Crippen LogP) is 2.48. The Morgan fingerprint density at radius 3 is 3.04 bits per heavy atom. The normalized spacial score (nSPS) is 18.6. The van der Waals surface area contributed by atoms with E-state index in [1.165, 1.54) is 24.3 Å². The maximum atomic E-state index is 5.12.